The Morgan fingerprint density at radius 1 is 1.28 bits per heavy atom. The summed E-state index contributed by atoms with van der Waals surface area (Å²) in [5.41, 5.74) is 7.85. The molecule has 5 heteroatoms. The molecule has 0 radical (unpaired) electrons. The minimum absolute atomic E-state index is 0.281. The van der Waals surface area contributed by atoms with Crippen LogP contribution in [0.2, 0.25) is 0 Å². The van der Waals surface area contributed by atoms with Crippen molar-refractivity contribution in [2.24, 2.45) is 5.73 Å². The highest BCUT2D eigenvalue weighted by Gasteiger charge is 2.10. The zero-order chi connectivity index (χ0) is 13.0. The minimum Gasteiger partial charge on any atom is -0.364 e. The third-order valence-corrected chi connectivity index (χ3v) is 2.80. The number of anilines is 1. The molecule has 0 amide bonds. The Morgan fingerprint density at radius 2 is 2.00 bits per heavy atom. The molecule has 0 spiro atoms. The largest absolute Gasteiger partial charge is 0.364 e. The predicted octanol–water partition coefficient (Wildman–Crippen LogP) is 1.86. The minimum atomic E-state index is 0.281. The van der Waals surface area contributed by atoms with Crippen molar-refractivity contribution in [3.05, 3.63) is 41.5 Å². The molecule has 1 heterocycles. The first-order valence-electron chi connectivity index (χ1n) is 6.06. The molecule has 0 aliphatic carbocycles. The van der Waals surface area contributed by atoms with Gasteiger partial charge in [0.25, 0.3) is 0 Å². The van der Waals surface area contributed by atoms with E-state index in [0.29, 0.717) is 18.3 Å². The molecule has 0 bridgehead atoms. The standard InChI is InChI=1S/C13H18N4O/c1-3-17(11-6-4-10(2)5-7-11)9-12-15-13(8-14)18-16-12/h4-7H,3,8-9,14H2,1-2H3. The topological polar surface area (TPSA) is 68.2 Å². The van der Waals surface area contributed by atoms with E-state index in [1.807, 2.05) is 0 Å². The number of aromatic nitrogens is 2. The molecule has 0 fully saturated rings. The summed E-state index contributed by atoms with van der Waals surface area (Å²) in [4.78, 5) is 6.40. The molecule has 0 aliphatic rings. The highest BCUT2D eigenvalue weighted by Crippen LogP contribution is 2.16. The molecule has 96 valence electrons. The van der Waals surface area contributed by atoms with E-state index in [1.54, 1.807) is 0 Å². The van der Waals surface area contributed by atoms with Gasteiger partial charge in [-0.2, -0.15) is 4.98 Å². The molecule has 2 N–H and O–H groups in total. The third-order valence-electron chi connectivity index (χ3n) is 2.80. The van der Waals surface area contributed by atoms with Crippen molar-refractivity contribution in [1.82, 2.24) is 10.1 Å². The van der Waals surface area contributed by atoms with Gasteiger partial charge in [0.2, 0.25) is 5.89 Å². The van der Waals surface area contributed by atoms with Crippen LogP contribution in [0.5, 0.6) is 0 Å². The summed E-state index contributed by atoms with van der Waals surface area (Å²) >= 11 is 0. The lowest BCUT2D eigenvalue weighted by Gasteiger charge is -2.21. The fraction of sp³-hybridized carbons (Fsp3) is 0.385. The zero-order valence-corrected chi connectivity index (χ0v) is 10.8. The van der Waals surface area contributed by atoms with Crippen LogP contribution in [0.1, 0.15) is 24.2 Å². The Labute approximate surface area is 107 Å². The second-order valence-corrected chi connectivity index (χ2v) is 4.16. The van der Waals surface area contributed by atoms with Crippen LogP contribution in [0.15, 0.2) is 28.8 Å². The molecule has 0 saturated carbocycles. The van der Waals surface area contributed by atoms with Crippen LogP contribution in [0, 0.1) is 6.92 Å². The van der Waals surface area contributed by atoms with Crippen LogP contribution in [-0.2, 0) is 13.1 Å². The fourth-order valence-electron chi connectivity index (χ4n) is 1.75. The molecule has 2 rings (SSSR count). The van der Waals surface area contributed by atoms with Gasteiger partial charge < -0.3 is 15.2 Å². The fourth-order valence-corrected chi connectivity index (χ4v) is 1.75. The number of hydrogen-bond acceptors (Lipinski definition) is 5. The van der Waals surface area contributed by atoms with Gasteiger partial charge in [-0.25, -0.2) is 0 Å². The van der Waals surface area contributed by atoms with E-state index in [1.165, 1.54) is 5.56 Å². The van der Waals surface area contributed by atoms with E-state index in [0.717, 1.165) is 12.2 Å². The van der Waals surface area contributed by atoms with Crippen LogP contribution < -0.4 is 10.6 Å². The lowest BCUT2D eigenvalue weighted by atomic mass is 10.2. The number of nitrogens with zero attached hydrogens (tertiary/aromatic N) is 3. The Bertz CT molecular complexity index is 492. The molecule has 1 aromatic carbocycles. The van der Waals surface area contributed by atoms with Gasteiger partial charge in [0.05, 0.1) is 13.1 Å². The van der Waals surface area contributed by atoms with Crippen LogP contribution in [0.25, 0.3) is 0 Å². The van der Waals surface area contributed by atoms with Crippen LogP contribution in [-0.4, -0.2) is 16.7 Å². The third kappa shape index (κ3) is 2.87. The first-order chi connectivity index (χ1) is 8.72. The van der Waals surface area contributed by atoms with Gasteiger partial charge >= 0.3 is 0 Å². The first-order valence-corrected chi connectivity index (χ1v) is 6.06. The summed E-state index contributed by atoms with van der Waals surface area (Å²) in [6.45, 7) is 5.97. The molecule has 0 aliphatic heterocycles. The van der Waals surface area contributed by atoms with Crippen LogP contribution in [0.4, 0.5) is 5.69 Å². The lowest BCUT2D eigenvalue weighted by Crippen LogP contribution is -2.22. The molecule has 5 nitrogen and oxygen atoms in total. The summed E-state index contributed by atoms with van der Waals surface area (Å²) in [5.74, 6) is 1.14. The molecular weight excluding hydrogens is 228 g/mol. The van der Waals surface area contributed by atoms with E-state index in [2.05, 4.69) is 53.2 Å². The number of aryl methyl sites for hydroxylation is 1. The van der Waals surface area contributed by atoms with Gasteiger partial charge in [0.15, 0.2) is 5.82 Å². The Balaban J connectivity index is 2.11. The second-order valence-electron chi connectivity index (χ2n) is 4.16. The Hall–Kier alpha value is -1.88. The van der Waals surface area contributed by atoms with Crippen molar-refractivity contribution in [2.75, 3.05) is 11.4 Å². The van der Waals surface area contributed by atoms with Gasteiger partial charge in [0, 0.05) is 12.2 Å². The SMILES string of the molecule is CCN(Cc1noc(CN)n1)c1ccc(C)cc1. The summed E-state index contributed by atoms with van der Waals surface area (Å²) < 4.78 is 5.00. The van der Waals surface area contributed by atoms with E-state index < -0.39 is 0 Å². The van der Waals surface area contributed by atoms with Crippen molar-refractivity contribution in [3.63, 3.8) is 0 Å². The van der Waals surface area contributed by atoms with Gasteiger partial charge in [0.1, 0.15) is 0 Å². The van der Waals surface area contributed by atoms with Crippen molar-refractivity contribution >= 4 is 5.69 Å². The molecule has 0 unspecified atom stereocenters. The van der Waals surface area contributed by atoms with Crippen molar-refractivity contribution in [1.29, 1.82) is 0 Å². The number of benzene rings is 1. The molecule has 0 saturated heterocycles. The Kier molecular flexibility index (Phi) is 3.94. The number of nitrogens with two attached hydrogens (primary N) is 1. The monoisotopic (exact) mass is 246 g/mol. The van der Waals surface area contributed by atoms with Crippen LogP contribution in [0.3, 0.4) is 0 Å². The lowest BCUT2D eigenvalue weighted by molar-refractivity contribution is 0.374. The van der Waals surface area contributed by atoms with E-state index in [4.69, 9.17) is 10.3 Å². The van der Waals surface area contributed by atoms with Gasteiger partial charge in [-0.1, -0.05) is 22.9 Å². The maximum absolute atomic E-state index is 5.44. The smallest absolute Gasteiger partial charge is 0.240 e. The van der Waals surface area contributed by atoms with E-state index >= 15 is 0 Å². The first kappa shape index (κ1) is 12.6. The molecule has 0 atom stereocenters. The Morgan fingerprint density at radius 3 is 2.56 bits per heavy atom. The zero-order valence-electron chi connectivity index (χ0n) is 10.8. The molecule has 1 aromatic heterocycles. The van der Waals surface area contributed by atoms with E-state index in [-0.39, 0.29) is 6.54 Å². The van der Waals surface area contributed by atoms with Gasteiger partial charge in [-0.15, -0.1) is 0 Å². The maximum atomic E-state index is 5.44. The summed E-state index contributed by atoms with van der Waals surface area (Å²) in [7, 11) is 0. The van der Waals surface area contributed by atoms with Crippen LogP contribution >= 0.6 is 0 Å². The quantitative estimate of drug-likeness (QED) is 0.872. The van der Waals surface area contributed by atoms with Crippen molar-refractivity contribution < 1.29 is 4.52 Å². The van der Waals surface area contributed by atoms with Gasteiger partial charge in [-0.05, 0) is 26.0 Å². The summed E-state index contributed by atoms with van der Waals surface area (Å²) in [6, 6.07) is 8.39. The predicted molar refractivity (Wildman–Crippen MR) is 70.1 cm³/mol. The highest BCUT2D eigenvalue weighted by molar-refractivity contribution is 5.47. The van der Waals surface area contributed by atoms with Crippen molar-refractivity contribution in [3.8, 4) is 0 Å². The normalized spacial score (nSPS) is 10.6. The van der Waals surface area contributed by atoms with Gasteiger partial charge in [-0.3, -0.25) is 0 Å². The summed E-state index contributed by atoms with van der Waals surface area (Å²) in [6.07, 6.45) is 0. The van der Waals surface area contributed by atoms with Crippen molar-refractivity contribution in [2.45, 2.75) is 26.9 Å². The molecule has 18 heavy (non-hydrogen) atoms. The highest BCUT2D eigenvalue weighted by atomic mass is 16.5. The number of hydrogen-bond donors (Lipinski definition) is 1. The molecular formula is C13H18N4O. The molecule has 2 aromatic rings. The van der Waals surface area contributed by atoms with E-state index in [9.17, 15) is 0 Å². The second kappa shape index (κ2) is 5.64. The summed E-state index contributed by atoms with van der Waals surface area (Å²) in [5, 5.41) is 3.91. The average Bonchev–Trinajstić information content (AvgIpc) is 2.85. The number of rotatable bonds is 5. The average molecular weight is 246 g/mol. The maximum Gasteiger partial charge on any atom is 0.240 e.